The van der Waals surface area contributed by atoms with Crippen molar-refractivity contribution < 1.29 is 9.90 Å². The molecule has 0 fully saturated rings. The highest BCUT2D eigenvalue weighted by Crippen LogP contribution is 2.28. The third kappa shape index (κ3) is 3.77. The molecule has 0 saturated carbocycles. The second kappa shape index (κ2) is 6.81. The average Bonchev–Trinajstić information content (AvgIpc) is 2.86. The first-order chi connectivity index (χ1) is 9.58. The molecule has 5 heteroatoms. The second-order valence-electron chi connectivity index (χ2n) is 5.03. The van der Waals surface area contributed by atoms with Crippen molar-refractivity contribution in [3.8, 4) is 0 Å². The molecule has 0 spiro atoms. The highest BCUT2D eigenvalue weighted by Gasteiger charge is 2.15. The van der Waals surface area contributed by atoms with Crippen LogP contribution < -0.4 is 0 Å². The van der Waals surface area contributed by atoms with Crippen LogP contribution in [0.15, 0.2) is 24.3 Å². The van der Waals surface area contributed by atoms with Gasteiger partial charge in [-0.15, -0.1) is 11.3 Å². The number of rotatable bonds is 7. The van der Waals surface area contributed by atoms with Crippen molar-refractivity contribution in [1.29, 1.82) is 0 Å². The molecule has 1 atom stereocenters. The number of carboxylic acid groups (broad SMARTS) is 1. The van der Waals surface area contributed by atoms with Crippen molar-refractivity contribution in [2.24, 2.45) is 0 Å². The Bertz CT molecular complexity index is 549. The predicted octanol–water partition coefficient (Wildman–Crippen LogP) is 3.54. The molecule has 0 saturated heterocycles. The van der Waals surface area contributed by atoms with Crippen molar-refractivity contribution in [3.05, 3.63) is 29.3 Å². The predicted molar refractivity (Wildman–Crippen MR) is 82.2 cm³/mol. The average molecular weight is 292 g/mol. The molecule has 0 aliphatic heterocycles. The molecule has 2 aromatic rings. The van der Waals surface area contributed by atoms with Crippen LogP contribution in [0.4, 0.5) is 0 Å². The number of nitrogens with zero attached hydrogens (tertiary/aromatic N) is 2. The molecule has 2 rings (SSSR count). The first kappa shape index (κ1) is 14.9. The van der Waals surface area contributed by atoms with Gasteiger partial charge in [-0.3, -0.25) is 9.69 Å². The van der Waals surface area contributed by atoms with Crippen LogP contribution in [0.5, 0.6) is 0 Å². The molecule has 1 aromatic heterocycles. The Balaban J connectivity index is 1.92. The van der Waals surface area contributed by atoms with Crippen molar-refractivity contribution >= 4 is 27.5 Å². The highest BCUT2D eigenvalue weighted by molar-refractivity contribution is 7.18. The summed E-state index contributed by atoms with van der Waals surface area (Å²) in [5, 5.41) is 9.74. The number of aliphatic carboxylic acids is 1. The van der Waals surface area contributed by atoms with Gasteiger partial charge in [0.25, 0.3) is 0 Å². The van der Waals surface area contributed by atoms with Gasteiger partial charge in [-0.05, 0) is 45.5 Å². The lowest BCUT2D eigenvalue weighted by Gasteiger charge is -2.22. The molecule has 1 N–H and O–H groups in total. The molecule has 1 heterocycles. The van der Waals surface area contributed by atoms with E-state index in [1.807, 2.05) is 18.2 Å². The minimum absolute atomic E-state index is 0.253. The summed E-state index contributed by atoms with van der Waals surface area (Å²) in [6.07, 6.45) is 1.88. The summed E-state index contributed by atoms with van der Waals surface area (Å²) in [6, 6.07) is 8.43. The molecule has 0 aliphatic rings. The standard InChI is InChI=1S/C15H20N2O2S/c1-11(17(2)10-6-5-9-14(18)19)15-16-12-7-3-4-8-13(12)20-15/h3-4,7-8,11H,5-6,9-10H2,1-2H3,(H,18,19). The number of fused-ring (bicyclic) bond motifs is 1. The summed E-state index contributed by atoms with van der Waals surface area (Å²) < 4.78 is 1.22. The Morgan fingerprint density at radius 2 is 2.15 bits per heavy atom. The summed E-state index contributed by atoms with van der Waals surface area (Å²) in [7, 11) is 2.07. The molecule has 1 aromatic carbocycles. The number of aromatic nitrogens is 1. The van der Waals surface area contributed by atoms with Crippen LogP contribution in [-0.2, 0) is 4.79 Å². The van der Waals surface area contributed by atoms with Crippen LogP contribution >= 0.6 is 11.3 Å². The van der Waals surface area contributed by atoms with E-state index < -0.39 is 5.97 Å². The number of benzene rings is 1. The van der Waals surface area contributed by atoms with Crippen LogP contribution in [0.25, 0.3) is 10.2 Å². The Morgan fingerprint density at radius 3 is 2.85 bits per heavy atom. The van der Waals surface area contributed by atoms with Gasteiger partial charge in [-0.2, -0.15) is 0 Å². The van der Waals surface area contributed by atoms with Crippen molar-refractivity contribution in [1.82, 2.24) is 9.88 Å². The third-order valence-electron chi connectivity index (χ3n) is 3.48. The largest absolute Gasteiger partial charge is 0.481 e. The maximum Gasteiger partial charge on any atom is 0.303 e. The zero-order valence-corrected chi connectivity index (χ0v) is 12.7. The summed E-state index contributed by atoms with van der Waals surface area (Å²) in [4.78, 5) is 17.4. The molecule has 20 heavy (non-hydrogen) atoms. The van der Waals surface area contributed by atoms with Crippen LogP contribution in [-0.4, -0.2) is 34.6 Å². The first-order valence-corrected chi connectivity index (χ1v) is 7.67. The second-order valence-corrected chi connectivity index (χ2v) is 6.09. The van der Waals surface area contributed by atoms with E-state index in [1.54, 1.807) is 11.3 Å². The van der Waals surface area contributed by atoms with E-state index in [0.29, 0.717) is 0 Å². The van der Waals surface area contributed by atoms with E-state index in [2.05, 4.69) is 29.9 Å². The molecule has 0 bridgehead atoms. The van der Waals surface area contributed by atoms with Gasteiger partial charge < -0.3 is 5.11 Å². The lowest BCUT2D eigenvalue weighted by Crippen LogP contribution is -2.23. The van der Waals surface area contributed by atoms with Crippen molar-refractivity contribution in [3.63, 3.8) is 0 Å². The Kier molecular flexibility index (Phi) is 5.09. The maximum absolute atomic E-state index is 10.5. The van der Waals surface area contributed by atoms with Crippen LogP contribution in [0, 0.1) is 0 Å². The summed E-state index contributed by atoms with van der Waals surface area (Å²) in [6.45, 7) is 3.04. The smallest absolute Gasteiger partial charge is 0.303 e. The summed E-state index contributed by atoms with van der Waals surface area (Å²) >= 11 is 1.73. The number of para-hydroxylation sites is 1. The molecule has 4 nitrogen and oxygen atoms in total. The lowest BCUT2D eigenvalue weighted by molar-refractivity contribution is -0.137. The van der Waals surface area contributed by atoms with Gasteiger partial charge in [-0.1, -0.05) is 12.1 Å². The lowest BCUT2D eigenvalue weighted by atomic mass is 10.2. The monoisotopic (exact) mass is 292 g/mol. The molecule has 1 unspecified atom stereocenters. The molecule has 0 aliphatic carbocycles. The van der Waals surface area contributed by atoms with Gasteiger partial charge >= 0.3 is 5.97 Å². The Labute approximate surface area is 123 Å². The minimum Gasteiger partial charge on any atom is -0.481 e. The quantitative estimate of drug-likeness (QED) is 0.793. The van der Waals surface area contributed by atoms with E-state index in [9.17, 15) is 4.79 Å². The van der Waals surface area contributed by atoms with Gasteiger partial charge in [0.15, 0.2) is 0 Å². The van der Waals surface area contributed by atoms with Crippen LogP contribution in [0.1, 0.15) is 37.2 Å². The first-order valence-electron chi connectivity index (χ1n) is 6.85. The summed E-state index contributed by atoms with van der Waals surface area (Å²) in [5.74, 6) is -0.716. The van der Waals surface area contributed by atoms with E-state index >= 15 is 0 Å². The number of thiazole rings is 1. The molecular weight excluding hydrogens is 272 g/mol. The van der Waals surface area contributed by atoms with Crippen molar-refractivity contribution in [2.75, 3.05) is 13.6 Å². The van der Waals surface area contributed by atoms with Crippen LogP contribution in [0.3, 0.4) is 0 Å². The fourth-order valence-corrected chi connectivity index (χ4v) is 3.17. The van der Waals surface area contributed by atoms with E-state index in [4.69, 9.17) is 5.11 Å². The van der Waals surface area contributed by atoms with E-state index in [1.165, 1.54) is 4.70 Å². The van der Waals surface area contributed by atoms with Crippen molar-refractivity contribution in [2.45, 2.75) is 32.2 Å². The number of hydrogen-bond donors (Lipinski definition) is 1. The maximum atomic E-state index is 10.5. The number of carbonyl (C=O) groups is 1. The van der Waals surface area contributed by atoms with E-state index in [-0.39, 0.29) is 12.5 Å². The molecule has 0 amide bonds. The van der Waals surface area contributed by atoms with Gasteiger partial charge in [0.05, 0.1) is 16.3 Å². The summed E-state index contributed by atoms with van der Waals surface area (Å²) in [5.41, 5.74) is 1.05. The van der Waals surface area contributed by atoms with Gasteiger partial charge in [0, 0.05) is 6.42 Å². The zero-order valence-electron chi connectivity index (χ0n) is 11.9. The number of unbranched alkanes of at least 4 members (excludes halogenated alkanes) is 1. The van der Waals surface area contributed by atoms with Gasteiger partial charge in [0.1, 0.15) is 5.01 Å². The minimum atomic E-state index is -0.716. The molecule has 0 radical (unpaired) electrons. The number of hydrogen-bond acceptors (Lipinski definition) is 4. The number of carboxylic acids is 1. The highest BCUT2D eigenvalue weighted by atomic mass is 32.1. The normalized spacial score (nSPS) is 12.9. The molecule has 108 valence electrons. The molecular formula is C15H20N2O2S. The topological polar surface area (TPSA) is 53.4 Å². The third-order valence-corrected chi connectivity index (χ3v) is 4.69. The van der Waals surface area contributed by atoms with Crippen LogP contribution in [0.2, 0.25) is 0 Å². The van der Waals surface area contributed by atoms with Gasteiger partial charge in [0.2, 0.25) is 0 Å². The Morgan fingerprint density at radius 1 is 1.40 bits per heavy atom. The Hall–Kier alpha value is -1.46. The van der Waals surface area contributed by atoms with Gasteiger partial charge in [-0.25, -0.2) is 4.98 Å². The fraction of sp³-hybridized carbons (Fsp3) is 0.467. The fourth-order valence-electron chi connectivity index (χ4n) is 2.09. The SMILES string of the molecule is CC(c1nc2ccccc2s1)N(C)CCCCC(=O)O. The zero-order chi connectivity index (χ0) is 14.5. The van der Waals surface area contributed by atoms with E-state index in [0.717, 1.165) is 29.9 Å².